The Balaban J connectivity index is 5.25. The Morgan fingerprint density at radius 3 is 0.667 bits per heavy atom. The van der Waals surface area contributed by atoms with Crippen molar-refractivity contribution in [1.82, 2.24) is 0 Å². The number of carbonyl (C=O) groups is 4. The minimum atomic E-state index is -4.97. The highest BCUT2D eigenvalue weighted by Crippen LogP contribution is 2.45. The number of phosphoric ester groups is 2. The highest BCUT2D eigenvalue weighted by Gasteiger charge is 2.31. The summed E-state index contributed by atoms with van der Waals surface area (Å²) in [6, 6.07) is 0. The molecule has 0 aliphatic carbocycles. The lowest BCUT2D eigenvalue weighted by atomic mass is 9.99. The summed E-state index contributed by atoms with van der Waals surface area (Å²) in [6.45, 7) is 12.2. The van der Waals surface area contributed by atoms with E-state index in [2.05, 4.69) is 48.5 Å². The summed E-state index contributed by atoms with van der Waals surface area (Å²) in [7, 11) is -9.94. The molecule has 17 nitrogen and oxygen atoms in total. The fourth-order valence-electron chi connectivity index (χ4n) is 14.9. The molecule has 0 aromatic heterocycles. The van der Waals surface area contributed by atoms with Crippen molar-refractivity contribution in [2.24, 2.45) is 17.8 Å². The van der Waals surface area contributed by atoms with Crippen molar-refractivity contribution >= 4 is 39.5 Å². The van der Waals surface area contributed by atoms with Gasteiger partial charge in [0.1, 0.15) is 19.3 Å². The Kier molecular flexibility index (Phi) is 83.2. The summed E-state index contributed by atoms with van der Waals surface area (Å²) in [5, 5.41) is 10.7. The van der Waals surface area contributed by atoms with Gasteiger partial charge in [-0.1, -0.05) is 459 Å². The molecule has 0 fully saturated rings. The molecule has 0 aliphatic heterocycles. The molecule has 0 aromatic rings. The Labute approximate surface area is 702 Å². The first-order valence-corrected chi connectivity index (χ1v) is 51.9. The summed E-state index contributed by atoms with van der Waals surface area (Å²) in [5.74, 6) is 0.448. The first-order chi connectivity index (χ1) is 55.3. The van der Waals surface area contributed by atoms with Crippen molar-refractivity contribution in [2.75, 3.05) is 39.6 Å². The largest absolute Gasteiger partial charge is 0.472 e. The van der Waals surface area contributed by atoms with E-state index in [0.717, 1.165) is 108 Å². The number of hydrogen-bond donors (Lipinski definition) is 3. The summed E-state index contributed by atoms with van der Waals surface area (Å²) in [4.78, 5) is 73.6. The van der Waals surface area contributed by atoms with Crippen LogP contribution in [0.15, 0.2) is 0 Å². The predicted octanol–water partition coefficient (Wildman–Crippen LogP) is 29.6. The Morgan fingerprint density at radius 1 is 0.254 bits per heavy atom. The van der Waals surface area contributed by atoms with Crippen LogP contribution in [0.25, 0.3) is 0 Å². The van der Waals surface area contributed by atoms with Crippen LogP contribution in [-0.2, 0) is 65.4 Å². The molecule has 3 N–H and O–H groups in total. The van der Waals surface area contributed by atoms with Crippen LogP contribution in [0.2, 0.25) is 0 Å². The van der Waals surface area contributed by atoms with Crippen molar-refractivity contribution in [3.63, 3.8) is 0 Å². The maximum Gasteiger partial charge on any atom is 0.472 e. The van der Waals surface area contributed by atoms with Crippen molar-refractivity contribution in [1.29, 1.82) is 0 Å². The Hall–Kier alpha value is -1.94. The maximum absolute atomic E-state index is 13.2. The van der Waals surface area contributed by atoms with E-state index in [1.54, 1.807) is 0 Å². The molecule has 7 atom stereocenters. The van der Waals surface area contributed by atoms with Crippen LogP contribution in [0.3, 0.4) is 0 Å². The molecule has 4 unspecified atom stereocenters. The van der Waals surface area contributed by atoms with E-state index in [-0.39, 0.29) is 25.7 Å². The molecule has 19 heteroatoms. The molecule has 0 radical (unpaired) electrons. The zero-order valence-electron chi connectivity index (χ0n) is 75.6. The third-order valence-electron chi connectivity index (χ3n) is 23.1. The highest BCUT2D eigenvalue weighted by molar-refractivity contribution is 7.47. The van der Waals surface area contributed by atoms with Gasteiger partial charge < -0.3 is 33.8 Å². The number of aliphatic hydroxyl groups is 1. The summed E-state index contributed by atoms with van der Waals surface area (Å²) in [5.41, 5.74) is 0. The van der Waals surface area contributed by atoms with E-state index in [4.69, 9.17) is 37.0 Å². The van der Waals surface area contributed by atoms with Crippen molar-refractivity contribution in [2.45, 2.75) is 529 Å². The first kappa shape index (κ1) is 112. The van der Waals surface area contributed by atoms with Crippen LogP contribution in [0.4, 0.5) is 0 Å². The van der Waals surface area contributed by atoms with Crippen molar-refractivity contribution in [3.8, 4) is 0 Å². The second kappa shape index (κ2) is 84.7. The number of esters is 4. The third kappa shape index (κ3) is 85.1. The maximum atomic E-state index is 13.2. The minimum absolute atomic E-state index is 0.108. The van der Waals surface area contributed by atoms with Crippen LogP contribution >= 0.6 is 15.6 Å². The molecule has 0 saturated carbocycles. The van der Waals surface area contributed by atoms with Gasteiger partial charge >= 0.3 is 39.5 Å². The SMILES string of the molecule is CCCCCCCCCCCCCCCC(=O)OC[C@H](COP(=O)(O)OC[C@H](O)COP(=O)(O)OC[C@@H](COC(=O)CCCCCCCCCCCCCCCCCCCCC(C)CC)OC(=O)CCCCCCCCCCCCCCCCCCCCC(C)CC)OC(=O)CCCCCCCCCCCCCCCCC(C)C. The van der Waals surface area contributed by atoms with Gasteiger partial charge in [-0.15, -0.1) is 0 Å². The van der Waals surface area contributed by atoms with E-state index in [1.165, 1.54) is 321 Å². The topological polar surface area (TPSA) is 237 Å². The lowest BCUT2D eigenvalue weighted by Crippen LogP contribution is -2.30. The van der Waals surface area contributed by atoms with E-state index < -0.39 is 97.5 Å². The number of hydrogen-bond acceptors (Lipinski definition) is 15. The fraction of sp³-hybridized carbons (Fsp3) is 0.958. The number of carbonyl (C=O) groups excluding carboxylic acids is 4. The number of aliphatic hydroxyl groups excluding tert-OH is 1. The highest BCUT2D eigenvalue weighted by atomic mass is 31.2. The molecule has 114 heavy (non-hydrogen) atoms. The molecule has 0 spiro atoms. The number of rotatable bonds is 93. The van der Waals surface area contributed by atoms with E-state index in [1.807, 2.05) is 0 Å². The molecule has 0 aromatic carbocycles. The van der Waals surface area contributed by atoms with Crippen molar-refractivity contribution in [3.05, 3.63) is 0 Å². The molecular weight excluding hydrogens is 1470 g/mol. The summed E-state index contributed by atoms with van der Waals surface area (Å²) >= 11 is 0. The quantitative estimate of drug-likeness (QED) is 0.0222. The monoisotopic (exact) mass is 1660 g/mol. The molecule has 0 saturated heterocycles. The molecule has 0 rings (SSSR count). The van der Waals surface area contributed by atoms with Gasteiger partial charge in [0, 0.05) is 25.7 Å². The predicted molar refractivity (Wildman–Crippen MR) is 474 cm³/mol. The number of phosphoric acid groups is 2. The molecule has 0 amide bonds. The lowest BCUT2D eigenvalue weighted by Gasteiger charge is -2.21. The van der Waals surface area contributed by atoms with Gasteiger partial charge in [0.25, 0.3) is 0 Å². The average Bonchev–Trinajstić information content (AvgIpc) is 0.896. The van der Waals surface area contributed by atoms with Gasteiger partial charge in [-0.3, -0.25) is 37.3 Å². The van der Waals surface area contributed by atoms with Gasteiger partial charge in [-0.2, -0.15) is 0 Å². The zero-order valence-corrected chi connectivity index (χ0v) is 77.4. The Morgan fingerprint density at radius 2 is 0.447 bits per heavy atom. The van der Waals surface area contributed by atoms with E-state index >= 15 is 0 Å². The fourth-order valence-corrected chi connectivity index (χ4v) is 16.5. The smallest absolute Gasteiger partial charge is 0.462 e. The number of ether oxygens (including phenoxy) is 4. The van der Waals surface area contributed by atoms with Gasteiger partial charge in [0.2, 0.25) is 0 Å². The average molecular weight is 1660 g/mol. The molecule has 0 aliphatic rings. The molecule has 678 valence electrons. The second-order valence-electron chi connectivity index (χ2n) is 35.1. The molecule has 0 heterocycles. The van der Waals surface area contributed by atoms with Crippen LogP contribution in [-0.4, -0.2) is 96.7 Å². The van der Waals surface area contributed by atoms with Crippen LogP contribution in [0.1, 0.15) is 511 Å². The van der Waals surface area contributed by atoms with Crippen LogP contribution in [0, 0.1) is 17.8 Å². The van der Waals surface area contributed by atoms with Crippen LogP contribution in [0.5, 0.6) is 0 Å². The van der Waals surface area contributed by atoms with Crippen LogP contribution < -0.4 is 0 Å². The van der Waals surface area contributed by atoms with Gasteiger partial charge in [-0.25, -0.2) is 9.13 Å². The summed E-state index contributed by atoms with van der Waals surface area (Å²) in [6.07, 6.45) is 79.1. The first-order valence-electron chi connectivity index (χ1n) is 48.9. The Bertz CT molecular complexity index is 2190. The zero-order chi connectivity index (χ0) is 83.6. The minimum Gasteiger partial charge on any atom is -0.462 e. The van der Waals surface area contributed by atoms with Gasteiger partial charge in [-0.05, 0) is 43.4 Å². The number of unbranched alkanes of at least 4 members (excludes halogenated alkanes) is 59. The standard InChI is InChI=1S/C95H186O17P2/c1-8-11-12-13-14-15-16-31-41-48-55-62-69-76-92(97)105-82-90(112-95(100)79-72-65-58-51-44-37-30-29-32-38-45-52-59-66-73-86(4)5)84-109-113(101,102)107-80-89(96)81-108-114(103,104)110-85-91(111-94(99)78-71-64-57-50-43-36-28-24-20-18-22-26-34-40-47-54-61-68-75-88(7)10-3)83-106-93(98)77-70-63-56-49-42-35-27-23-19-17-21-25-33-39-46-53-60-67-74-87(6)9-2/h86-91,96H,8-85H2,1-7H3,(H,101,102)(H,103,104)/t87?,88?,89-,90+,91+/m0/s1. The lowest BCUT2D eigenvalue weighted by molar-refractivity contribution is -0.161. The van der Waals surface area contributed by atoms with Crippen molar-refractivity contribution < 1.29 is 80.2 Å². The van der Waals surface area contributed by atoms with E-state index in [9.17, 15) is 43.2 Å². The summed E-state index contributed by atoms with van der Waals surface area (Å²) < 4.78 is 69.2. The van der Waals surface area contributed by atoms with Gasteiger partial charge in [0.15, 0.2) is 12.2 Å². The van der Waals surface area contributed by atoms with E-state index in [0.29, 0.717) is 25.7 Å². The van der Waals surface area contributed by atoms with Gasteiger partial charge in [0.05, 0.1) is 26.4 Å². The molecule has 0 bridgehead atoms. The normalized spacial score (nSPS) is 14.2. The molecular formula is C95H186O17P2. The third-order valence-corrected chi connectivity index (χ3v) is 25.0. The second-order valence-corrected chi connectivity index (χ2v) is 38.0.